The molecule has 2 N–H and O–H groups in total. The van der Waals surface area contributed by atoms with Crippen LogP contribution < -0.4 is 15.4 Å². The molecule has 0 radical (unpaired) electrons. The highest BCUT2D eigenvalue weighted by Gasteiger charge is 2.09. The van der Waals surface area contributed by atoms with Crippen molar-refractivity contribution in [3.05, 3.63) is 60.2 Å². The normalized spacial score (nSPS) is 11.2. The lowest BCUT2D eigenvalue weighted by Gasteiger charge is -2.15. The van der Waals surface area contributed by atoms with Gasteiger partial charge in [-0.25, -0.2) is 0 Å². The first kappa shape index (κ1) is 19.0. The fraction of sp³-hybridized carbons (Fsp3) is 0.278. The lowest BCUT2D eigenvalue weighted by molar-refractivity contribution is -0.121. The van der Waals surface area contributed by atoms with E-state index in [2.05, 4.69) is 10.6 Å². The van der Waals surface area contributed by atoms with Crippen molar-refractivity contribution in [3.8, 4) is 11.5 Å². The number of amides is 1. The summed E-state index contributed by atoms with van der Waals surface area (Å²) >= 11 is 0. The number of ether oxygens (including phenoxy) is 1. The molecule has 4 nitrogen and oxygen atoms in total. The predicted octanol–water partition coefficient (Wildman–Crippen LogP) is 3.69. The lowest BCUT2D eigenvalue weighted by atomic mass is 10.1. The number of rotatable bonds is 7. The van der Waals surface area contributed by atoms with Crippen LogP contribution in [0.25, 0.3) is 0 Å². The zero-order valence-electron chi connectivity index (χ0n) is 13.4. The number of carbonyl (C=O) groups excluding carboxylic acids is 1. The summed E-state index contributed by atoms with van der Waals surface area (Å²) in [6, 6.07) is 17.4. The number of hydrogen-bond acceptors (Lipinski definition) is 3. The number of carbonyl (C=O) groups is 1. The van der Waals surface area contributed by atoms with E-state index in [4.69, 9.17) is 4.74 Å². The van der Waals surface area contributed by atoms with E-state index < -0.39 is 0 Å². The maximum absolute atomic E-state index is 11.7. The van der Waals surface area contributed by atoms with Crippen LogP contribution in [0.3, 0.4) is 0 Å². The summed E-state index contributed by atoms with van der Waals surface area (Å²) < 4.78 is 5.75. The van der Waals surface area contributed by atoms with E-state index >= 15 is 0 Å². The van der Waals surface area contributed by atoms with Gasteiger partial charge in [-0.15, -0.1) is 12.4 Å². The molecule has 1 amide bonds. The van der Waals surface area contributed by atoms with Crippen LogP contribution in [-0.2, 0) is 4.79 Å². The minimum absolute atomic E-state index is 0. The average molecular weight is 335 g/mol. The van der Waals surface area contributed by atoms with Gasteiger partial charge in [0.15, 0.2) is 0 Å². The zero-order valence-corrected chi connectivity index (χ0v) is 14.2. The molecule has 23 heavy (non-hydrogen) atoms. The van der Waals surface area contributed by atoms with Gasteiger partial charge in [-0.2, -0.15) is 0 Å². The molecular weight excluding hydrogens is 312 g/mol. The molecule has 5 heteroatoms. The van der Waals surface area contributed by atoms with Crippen LogP contribution in [0.15, 0.2) is 54.6 Å². The summed E-state index contributed by atoms with van der Waals surface area (Å²) in [7, 11) is 1.84. The van der Waals surface area contributed by atoms with Crippen molar-refractivity contribution in [1.29, 1.82) is 0 Å². The Balaban J connectivity index is 0.00000264. The third kappa shape index (κ3) is 6.30. The fourth-order valence-electron chi connectivity index (χ4n) is 2.08. The van der Waals surface area contributed by atoms with E-state index in [1.165, 1.54) is 0 Å². The Labute approximate surface area is 143 Å². The van der Waals surface area contributed by atoms with Crippen molar-refractivity contribution in [2.24, 2.45) is 0 Å². The summed E-state index contributed by atoms with van der Waals surface area (Å²) in [5.41, 5.74) is 1.05. The van der Waals surface area contributed by atoms with E-state index in [0.29, 0.717) is 13.0 Å². The van der Waals surface area contributed by atoms with Gasteiger partial charge in [0.1, 0.15) is 11.5 Å². The SMILES string of the molecule is CNCCC(=O)NC(C)c1ccc(Oc2ccccc2)cc1.Cl. The zero-order chi connectivity index (χ0) is 15.8. The van der Waals surface area contributed by atoms with E-state index in [1.54, 1.807) is 0 Å². The topological polar surface area (TPSA) is 50.4 Å². The van der Waals surface area contributed by atoms with Gasteiger partial charge >= 0.3 is 0 Å². The van der Waals surface area contributed by atoms with Crippen LogP contribution in [0.1, 0.15) is 24.9 Å². The van der Waals surface area contributed by atoms with Crippen molar-refractivity contribution < 1.29 is 9.53 Å². The van der Waals surface area contributed by atoms with E-state index in [9.17, 15) is 4.79 Å². The highest BCUT2D eigenvalue weighted by molar-refractivity contribution is 5.85. The van der Waals surface area contributed by atoms with Crippen molar-refractivity contribution in [2.45, 2.75) is 19.4 Å². The molecule has 0 aromatic heterocycles. The van der Waals surface area contributed by atoms with Crippen molar-refractivity contribution in [3.63, 3.8) is 0 Å². The molecule has 0 fully saturated rings. The van der Waals surface area contributed by atoms with Gasteiger partial charge < -0.3 is 15.4 Å². The second-order valence-electron chi connectivity index (χ2n) is 5.13. The van der Waals surface area contributed by atoms with E-state index in [0.717, 1.165) is 17.1 Å². The molecule has 0 bridgehead atoms. The maximum Gasteiger partial charge on any atom is 0.221 e. The second kappa shape index (κ2) is 9.87. The van der Waals surface area contributed by atoms with Crippen LogP contribution in [0.4, 0.5) is 0 Å². The molecular formula is C18H23ClN2O2. The van der Waals surface area contributed by atoms with Gasteiger partial charge in [-0.05, 0) is 43.8 Å². The van der Waals surface area contributed by atoms with Crippen molar-refractivity contribution in [2.75, 3.05) is 13.6 Å². The molecule has 0 aliphatic carbocycles. The second-order valence-corrected chi connectivity index (χ2v) is 5.13. The molecule has 0 aliphatic rings. The molecule has 1 unspecified atom stereocenters. The number of nitrogens with one attached hydrogen (secondary N) is 2. The summed E-state index contributed by atoms with van der Waals surface area (Å²) in [5, 5.41) is 5.95. The molecule has 2 aromatic carbocycles. The van der Waals surface area contributed by atoms with Crippen LogP contribution in [0.2, 0.25) is 0 Å². The molecule has 0 saturated carbocycles. The Bertz CT molecular complexity index is 588. The Kier molecular flexibility index (Phi) is 8.16. The minimum Gasteiger partial charge on any atom is -0.457 e. The van der Waals surface area contributed by atoms with E-state index in [1.807, 2.05) is 68.6 Å². The number of para-hydroxylation sites is 1. The number of halogens is 1. The molecule has 0 aliphatic heterocycles. The molecule has 0 spiro atoms. The van der Waals surface area contributed by atoms with Crippen LogP contribution in [0.5, 0.6) is 11.5 Å². The molecule has 2 rings (SSSR count). The molecule has 124 valence electrons. The fourth-order valence-corrected chi connectivity index (χ4v) is 2.08. The lowest BCUT2D eigenvalue weighted by Crippen LogP contribution is -2.28. The number of hydrogen-bond donors (Lipinski definition) is 2. The standard InChI is InChI=1S/C18H22N2O2.ClH/c1-14(20-18(21)12-13-19-2)15-8-10-17(11-9-15)22-16-6-4-3-5-7-16;/h3-11,14,19H,12-13H2,1-2H3,(H,20,21);1H. The summed E-state index contributed by atoms with van der Waals surface area (Å²) in [6.07, 6.45) is 0.482. The highest BCUT2D eigenvalue weighted by atomic mass is 35.5. The third-order valence-electron chi connectivity index (χ3n) is 3.34. The first-order valence-corrected chi connectivity index (χ1v) is 7.46. The summed E-state index contributed by atoms with van der Waals surface area (Å²) in [6.45, 7) is 2.66. The van der Waals surface area contributed by atoms with Crippen molar-refractivity contribution in [1.82, 2.24) is 10.6 Å². The van der Waals surface area contributed by atoms with Crippen molar-refractivity contribution >= 4 is 18.3 Å². The maximum atomic E-state index is 11.7. The summed E-state index contributed by atoms with van der Waals surface area (Å²) in [4.78, 5) is 11.7. The quantitative estimate of drug-likeness (QED) is 0.812. The smallest absolute Gasteiger partial charge is 0.221 e. The summed E-state index contributed by atoms with van der Waals surface area (Å²) in [5.74, 6) is 1.64. The Hall–Kier alpha value is -2.04. The van der Waals surface area contributed by atoms with Gasteiger partial charge in [0.2, 0.25) is 5.91 Å². The molecule has 2 aromatic rings. The number of benzene rings is 2. The third-order valence-corrected chi connectivity index (χ3v) is 3.34. The Morgan fingerprint density at radius 2 is 1.65 bits per heavy atom. The monoisotopic (exact) mass is 334 g/mol. The van der Waals surface area contributed by atoms with Crippen LogP contribution in [0, 0.1) is 0 Å². The first-order valence-electron chi connectivity index (χ1n) is 7.46. The Morgan fingerprint density at radius 1 is 1.04 bits per heavy atom. The van der Waals surface area contributed by atoms with Gasteiger partial charge in [0, 0.05) is 13.0 Å². The van der Waals surface area contributed by atoms with Crippen LogP contribution >= 0.6 is 12.4 Å². The molecule has 0 saturated heterocycles. The van der Waals surface area contributed by atoms with E-state index in [-0.39, 0.29) is 24.4 Å². The van der Waals surface area contributed by atoms with Gasteiger partial charge in [-0.1, -0.05) is 30.3 Å². The van der Waals surface area contributed by atoms with Crippen LogP contribution in [-0.4, -0.2) is 19.5 Å². The van der Waals surface area contributed by atoms with Gasteiger partial charge in [0.25, 0.3) is 0 Å². The average Bonchev–Trinajstić information content (AvgIpc) is 2.54. The molecule has 0 heterocycles. The Morgan fingerprint density at radius 3 is 2.26 bits per heavy atom. The first-order chi connectivity index (χ1) is 10.7. The van der Waals surface area contributed by atoms with Gasteiger partial charge in [-0.3, -0.25) is 4.79 Å². The highest BCUT2D eigenvalue weighted by Crippen LogP contribution is 2.23. The predicted molar refractivity (Wildman–Crippen MR) is 95.3 cm³/mol. The largest absolute Gasteiger partial charge is 0.457 e. The molecule has 1 atom stereocenters. The minimum atomic E-state index is -0.0184. The van der Waals surface area contributed by atoms with Gasteiger partial charge in [0.05, 0.1) is 6.04 Å².